The Kier molecular flexibility index (Phi) is 5.54. The molecular formula is C22H20FN3OS. The molecule has 1 aliphatic carbocycles. The summed E-state index contributed by atoms with van der Waals surface area (Å²) in [6.45, 7) is 0.800. The quantitative estimate of drug-likeness (QED) is 0.495. The molecule has 0 aliphatic heterocycles. The smallest absolute Gasteiger partial charge is 0.148 e. The predicted octanol–water partition coefficient (Wildman–Crippen LogP) is 5.52. The Hall–Kier alpha value is -2.91. The molecule has 1 fully saturated rings. The van der Waals surface area contributed by atoms with E-state index < -0.39 is 5.82 Å². The third kappa shape index (κ3) is 4.68. The number of aromatic nitrogens is 1. The molecular weight excluding hydrogens is 373 g/mol. The SMILES string of the molecule is N#Cc1ccc(NSc2c[nH]cc2Cc2cccc(OCC3CC3)c2)c(F)c1. The molecule has 0 saturated heterocycles. The first-order chi connectivity index (χ1) is 13.7. The highest BCUT2D eigenvalue weighted by molar-refractivity contribution is 8.00. The van der Waals surface area contributed by atoms with Crippen LogP contribution in [0.3, 0.4) is 0 Å². The topological polar surface area (TPSA) is 60.8 Å². The zero-order chi connectivity index (χ0) is 19.3. The molecule has 1 aromatic heterocycles. The van der Waals surface area contributed by atoms with Gasteiger partial charge in [0.1, 0.15) is 11.6 Å². The van der Waals surface area contributed by atoms with Gasteiger partial charge in [0.15, 0.2) is 0 Å². The molecule has 0 bridgehead atoms. The number of nitrogens with one attached hydrogen (secondary N) is 2. The van der Waals surface area contributed by atoms with Crippen molar-refractivity contribution in [2.75, 3.05) is 11.3 Å². The summed E-state index contributed by atoms with van der Waals surface area (Å²) >= 11 is 1.34. The van der Waals surface area contributed by atoms with E-state index in [9.17, 15) is 4.39 Å². The summed E-state index contributed by atoms with van der Waals surface area (Å²) in [4.78, 5) is 4.12. The molecule has 142 valence electrons. The van der Waals surface area contributed by atoms with Crippen molar-refractivity contribution in [1.29, 1.82) is 5.26 Å². The lowest BCUT2D eigenvalue weighted by Gasteiger charge is -2.09. The maximum absolute atomic E-state index is 14.0. The fourth-order valence-electron chi connectivity index (χ4n) is 2.86. The molecule has 4 nitrogen and oxygen atoms in total. The maximum atomic E-state index is 14.0. The van der Waals surface area contributed by atoms with E-state index in [0.717, 1.165) is 35.2 Å². The Bertz CT molecular complexity index is 1010. The van der Waals surface area contributed by atoms with Crippen LogP contribution >= 0.6 is 11.9 Å². The Morgan fingerprint density at radius 3 is 2.89 bits per heavy atom. The summed E-state index contributed by atoms with van der Waals surface area (Å²) in [7, 11) is 0. The van der Waals surface area contributed by atoms with Crippen LogP contribution in [-0.2, 0) is 6.42 Å². The first-order valence-electron chi connectivity index (χ1n) is 9.21. The standard InChI is InChI=1S/C22H20FN3OS/c23-20-10-17(11-24)6-7-21(20)26-28-22-13-25-12-18(22)8-16-2-1-3-19(9-16)27-14-15-4-5-15/h1-3,6-7,9-10,12-13,15,25-26H,4-5,8,14H2. The first kappa shape index (κ1) is 18.5. The van der Waals surface area contributed by atoms with Crippen molar-refractivity contribution in [2.24, 2.45) is 5.92 Å². The van der Waals surface area contributed by atoms with Crippen LogP contribution in [0.15, 0.2) is 59.8 Å². The van der Waals surface area contributed by atoms with Crippen molar-refractivity contribution in [2.45, 2.75) is 24.2 Å². The van der Waals surface area contributed by atoms with Crippen molar-refractivity contribution in [1.82, 2.24) is 4.98 Å². The molecule has 0 unspecified atom stereocenters. The number of hydrogen-bond acceptors (Lipinski definition) is 4. The van der Waals surface area contributed by atoms with Crippen LogP contribution in [0.1, 0.15) is 29.5 Å². The van der Waals surface area contributed by atoms with E-state index in [1.165, 1.54) is 36.4 Å². The van der Waals surface area contributed by atoms with Gasteiger partial charge < -0.3 is 14.4 Å². The number of aromatic amines is 1. The molecule has 6 heteroatoms. The van der Waals surface area contributed by atoms with Crippen LogP contribution in [0.25, 0.3) is 0 Å². The molecule has 3 aromatic rings. The lowest BCUT2D eigenvalue weighted by molar-refractivity contribution is 0.299. The number of rotatable bonds is 8. The van der Waals surface area contributed by atoms with Crippen molar-refractivity contribution >= 4 is 17.6 Å². The third-order valence-corrected chi connectivity index (χ3v) is 5.56. The van der Waals surface area contributed by atoms with Gasteiger partial charge in [-0.15, -0.1) is 0 Å². The van der Waals surface area contributed by atoms with Crippen LogP contribution < -0.4 is 9.46 Å². The summed E-state index contributed by atoms with van der Waals surface area (Å²) < 4.78 is 22.9. The van der Waals surface area contributed by atoms with E-state index in [2.05, 4.69) is 21.8 Å². The number of ether oxygens (including phenoxy) is 1. The van der Waals surface area contributed by atoms with Crippen molar-refractivity contribution in [3.63, 3.8) is 0 Å². The largest absolute Gasteiger partial charge is 0.493 e. The summed E-state index contributed by atoms with van der Waals surface area (Å²) in [5.74, 6) is 1.20. The highest BCUT2D eigenvalue weighted by atomic mass is 32.2. The van der Waals surface area contributed by atoms with Gasteiger partial charge in [-0.3, -0.25) is 0 Å². The lowest BCUT2D eigenvalue weighted by Crippen LogP contribution is -1.99. The molecule has 1 saturated carbocycles. The molecule has 1 aliphatic rings. The highest BCUT2D eigenvalue weighted by Crippen LogP contribution is 2.31. The molecule has 1 heterocycles. The average Bonchev–Trinajstić information content (AvgIpc) is 3.44. The van der Waals surface area contributed by atoms with E-state index in [4.69, 9.17) is 10.00 Å². The molecule has 0 radical (unpaired) electrons. The van der Waals surface area contributed by atoms with Gasteiger partial charge in [-0.2, -0.15) is 5.26 Å². The molecule has 0 spiro atoms. The van der Waals surface area contributed by atoms with Gasteiger partial charge in [-0.25, -0.2) is 4.39 Å². The van der Waals surface area contributed by atoms with Gasteiger partial charge in [0.2, 0.25) is 0 Å². The number of anilines is 1. The Balaban J connectivity index is 1.40. The zero-order valence-corrected chi connectivity index (χ0v) is 16.1. The van der Waals surface area contributed by atoms with Crippen LogP contribution in [0, 0.1) is 23.1 Å². The molecule has 0 amide bonds. The molecule has 2 N–H and O–H groups in total. The van der Waals surface area contributed by atoms with Gasteiger partial charge >= 0.3 is 0 Å². The normalized spacial score (nSPS) is 13.1. The first-order valence-corrected chi connectivity index (χ1v) is 10.0. The van der Waals surface area contributed by atoms with Gasteiger partial charge in [0.05, 0.1) is 23.9 Å². The molecule has 2 aromatic carbocycles. The van der Waals surface area contributed by atoms with Crippen LogP contribution in [-0.4, -0.2) is 11.6 Å². The number of halogens is 1. The second kappa shape index (κ2) is 8.41. The van der Waals surface area contributed by atoms with Gasteiger partial charge in [-0.05, 0) is 72.2 Å². The van der Waals surface area contributed by atoms with E-state index in [-0.39, 0.29) is 0 Å². The molecule has 0 atom stereocenters. The van der Waals surface area contributed by atoms with Gasteiger partial charge in [0.25, 0.3) is 0 Å². The fourth-order valence-corrected chi connectivity index (χ4v) is 3.63. The fraction of sp³-hybridized carbons (Fsp3) is 0.227. The minimum absolute atomic E-state index is 0.305. The van der Waals surface area contributed by atoms with E-state index in [1.54, 1.807) is 12.1 Å². The number of nitriles is 1. The van der Waals surface area contributed by atoms with E-state index >= 15 is 0 Å². The van der Waals surface area contributed by atoms with Crippen LogP contribution in [0.2, 0.25) is 0 Å². The van der Waals surface area contributed by atoms with Crippen LogP contribution in [0.5, 0.6) is 5.75 Å². The maximum Gasteiger partial charge on any atom is 0.148 e. The summed E-state index contributed by atoms with van der Waals surface area (Å²) in [5, 5.41) is 8.84. The summed E-state index contributed by atoms with van der Waals surface area (Å²) in [6.07, 6.45) is 7.15. The second-order valence-electron chi connectivity index (χ2n) is 6.93. The van der Waals surface area contributed by atoms with E-state index in [1.807, 2.05) is 30.6 Å². The van der Waals surface area contributed by atoms with E-state index in [0.29, 0.717) is 11.3 Å². The second-order valence-corrected chi connectivity index (χ2v) is 7.78. The predicted molar refractivity (Wildman–Crippen MR) is 109 cm³/mol. The number of benzene rings is 2. The summed E-state index contributed by atoms with van der Waals surface area (Å²) in [6, 6.07) is 14.5. The van der Waals surface area contributed by atoms with Gasteiger partial charge in [0, 0.05) is 23.7 Å². The molecule has 4 rings (SSSR count). The average molecular weight is 393 g/mol. The number of hydrogen-bond donors (Lipinski definition) is 2. The number of H-pyrrole nitrogens is 1. The molecule has 28 heavy (non-hydrogen) atoms. The Morgan fingerprint density at radius 2 is 2.11 bits per heavy atom. The minimum atomic E-state index is -0.441. The summed E-state index contributed by atoms with van der Waals surface area (Å²) in [5.41, 5.74) is 2.94. The number of nitrogens with zero attached hydrogens (tertiary/aromatic N) is 1. The van der Waals surface area contributed by atoms with Gasteiger partial charge in [-0.1, -0.05) is 12.1 Å². The van der Waals surface area contributed by atoms with Crippen molar-refractivity contribution in [3.05, 3.63) is 77.4 Å². The van der Waals surface area contributed by atoms with Crippen molar-refractivity contribution < 1.29 is 9.13 Å². The lowest BCUT2D eigenvalue weighted by atomic mass is 10.1. The van der Waals surface area contributed by atoms with Crippen LogP contribution in [0.4, 0.5) is 10.1 Å². The third-order valence-electron chi connectivity index (χ3n) is 4.63. The van der Waals surface area contributed by atoms with Crippen molar-refractivity contribution in [3.8, 4) is 11.8 Å². The highest BCUT2D eigenvalue weighted by Gasteiger charge is 2.21. The monoisotopic (exact) mass is 393 g/mol. The zero-order valence-electron chi connectivity index (χ0n) is 15.2. The Labute approximate surface area is 167 Å². The Morgan fingerprint density at radius 1 is 1.21 bits per heavy atom. The minimum Gasteiger partial charge on any atom is -0.493 e.